The minimum atomic E-state index is -0.686. The monoisotopic (exact) mass is 251 g/mol. The molecule has 0 aliphatic heterocycles. The van der Waals surface area contributed by atoms with Crippen LogP contribution in [0, 0.1) is 5.82 Å². The fraction of sp³-hybridized carbons (Fsp3) is 0.0833. The van der Waals surface area contributed by atoms with Gasteiger partial charge in [0.15, 0.2) is 0 Å². The summed E-state index contributed by atoms with van der Waals surface area (Å²) in [6, 6.07) is 5.73. The Morgan fingerprint density at radius 2 is 2.24 bits per heavy atom. The van der Waals surface area contributed by atoms with E-state index in [1.54, 1.807) is 0 Å². The lowest BCUT2D eigenvalue weighted by Crippen LogP contribution is -2.07. The molecule has 2 aromatic rings. The van der Waals surface area contributed by atoms with Crippen LogP contribution in [-0.4, -0.2) is 5.97 Å². The highest BCUT2D eigenvalue weighted by atomic mass is 32.1. The molecule has 1 aromatic carbocycles. The zero-order valence-electron chi connectivity index (χ0n) is 8.85. The van der Waals surface area contributed by atoms with Crippen molar-refractivity contribution in [1.29, 1.82) is 0 Å². The molecule has 0 unspecified atom stereocenters. The number of carbonyl (C=O) groups is 1. The Labute approximate surface area is 102 Å². The molecule has 0 atom stereocenters. The Balaban J connectivity index is 2.04. The van der Waals surface area contributed by atoms with E-state index in [0.29, 0.717) is 0 Å². The second kappa shape index (κ2) is 4.97. The second-order valence-electron chi connectivity index (χ2n) is 3.45. The third-order valence-electron chi connectivity index (χ3n) is 2.16. The number of halogens is 1. The largest absolute Gasteiger partial charge is 0.457 e. The van der Waals surface area contributed by atoms with Crippen molar-refractivity contribution in [3.05, 3.63) is 52.0 Å². The number of hydrogen-bond acceptors (Lipinski definition) is 4. The maximum Gasteiger partial charge on any atom is 0.341 e. The molecule has 5 heteroatoms. The fourth-order valence-electron chi connectivity index (χ4n) is 1.30. The number of ether oxygens (including phenoxy) is 1. The molecule has 0 fully saturated rings. The van der Waals surface area contributed by atoms with E-state index in [0.717, 1.165) is 11.6 Å². The average molecular weight is 251 g/mol. The Morgan fingerprint density at radius 3 is 2.88 bits per heavy atom. The molecule has 1 aromatic heterocycles. The van der Waals surface area contributed by atoms with Crippen molar-refractivity contribution in [2.75, 3.05) is 5.73 Å². The lowest BCUT2D eigenvalue weighted by Gasteiger charge is -2.05. The number of nitrogens with two attached hydrogens (primary N) is 1. The number of carbonyl (C=O) groups excluding carboxylic acids is 1. The smallest absolute Gasteiger partial charge is 0.341 e. The van der Waals surface area contributed by atoms with E-state index in [2.05, 4.69) is 0 Å². The van der Waals surface area contributed by atoms with E-state index in [-0.39, 0.29) is 17.9 Å². The van der Waals surface area contributed by atoms with Gasteiger partial charge in [-0.15, -0.1) is 0 Å². The first-order valence-electron chi connectivity index (χ1n) is 4.90. The summed E-state index contributed by atoms with van der Waals surface area (Å²) in [6.45, 7) is 0.145. The molecule has 2 rings (SSSR count). The molecule has 0 aliphatic rings. The Morgan fingerprint density at radius 1 is 1.41 bits per heavy atom. The molecule has 1 heterocycles. The SMILES string of the molecule is Nc1ccc(C(=O)OCc2ccsc2)c(F)c1. The first-order valence-corrected chi connectivity index (χ1v) is 5.84. The zero-order valence-corrected chi connectivity index (χ0v) is 9.67. The highest BCUT2D eigenvalue weighted by molar-refractivity contribution is 7.07. The number of nitrogen functional groups attached to an aromatic ring is 1. The minimum Gasteiger partial charge on any atom is -0.457 e. The van der Waals surface area contributed by atoms with Gasteiger partial charge in [0.1, 0.15) is 12.4 Å². The molecule has 0 saturated heterocycles. The van der Waals surface area contributed by atoms with Crippen LogP contribution < -0.4 is 5.73 Å². The maximum atomic E-state index is 13.4. The van der Waals surface area contributed by atoms with Crippen LogP contribution in [0.3, 0.4) is 0 Å². The number of thiophene rings is 1. The third-order valence-corrected chi connectivity index (χ3v) is 2.90. The number of benzene rings is 1. The number of hydrogen-bond donors (Lipinski definition) is 1. The summed E-state index contributed by atoms with van der Waals surface area (Å²) >= 11 is 1.51. The summed E-state index contributed by atoms with van der Waals surface area (Å²) in [5.41, 5.74) is 6.45. The molecule has 17 heavy (non-hydrogen) atoms. The molecule has 0 radical (unpaired) electrons. The van der Waals surface area contributed by atoms with Gasteiger partial charge in [0, 0.05) is 11.3 Å². The van der Waals surface area contributed by atoms with E-state index < -0.39 is 11.8 Å². The fourth-order valence-corrected chi connectivity index (χ4v) is 1.95. The van der Waals surface area contributed by atoms with Crippen LogP contribution in [0.25, 0.3) is 0 Å². The van der Waals surface area contributed by atoms with Gasteiger partial charge in [-0.25, -0.2) is 9.18 Å². The van der Waals surface area contributed by atoms with Crippen molar-refractivity contribution >= 4 is 23.0 Å². The van der Waals surface area contributed by atoms with Crippen LogP contribution in [-0.2, 0) is 11.3 Å². The predicted molar refractivity (Wildman–Crippen MR) is 64.3 cm³/mol. The molecule has 2 N–H and O–H groups in total. The third kappa shape index (κ3) is 2.82. The van der Waals surface area contributed by atoms with Gasteiger partial charge in [-0.2, -0.15) is 11.3 Å². The molecule has 3 nitrogen and oxygen atoms in total. The number of esters is 1. The van der Waals surface area contributed by atoms with Gasteiger partial charge >= 0.3 is 5.97 Å². The van der Waals surface area contributed by atoms with Crippen LogP contribution in [0.15, 0.2) is 35.0 Å². The van der Waals surface area contributed by atoms with Crippen LogP contribution in [0.4, 0.5) is 10.1 Å². The molecule has 0 bridgehead atoms. The van der Waals surface area contributed by atoms with E-state index in [1.165, 1.54) is 23.5 Å². The quantitative estimate of drug-likeness (QED) is 0.674. The van der Waals surface area contributed by atoms with Crippen LogP contribution >= 0.6 is 11.3 Å². The number of anilines is 1. The van der Waals surface area contributed by atoms with E-state index in [1.807, 2.05) is 16.8 Å². The standard InChI is InChI=1S/C12H10FNO2S/c13-11-5-9(14)1-2-10(11)12(15)16-6-8-3-4-17-7-8/h1-5,7H,6,14H2. The summed E-state index contributed by atoms with van der Waals surface area (Å²) in [5.74, 6) is -1.35. The molecule has 88 valence electrons. The van der Waals surface area contributed by atoms with Gasteiger partial charge < -0.3 is 10.5 Å². The minimum absolute atomic E-state index is 0.102. The highest BCUT2D eigenvalue weighted by Gasteiger charge is 2.13. The average Bonchev–Trinajstić information content (AvgIpc) is 2.78. The van der Waals surface area contributed by atoms with E-state index in [9.17, 15) is 9.18 Å². The molecule has 0 amide bonds. The normalized spacial score (nSPS) is 10.2. The molecular weight excluding hydrogens is 241 g/mol. The van der Waals surface area contributed by atoms with Gasteiger partial charge in [-0.05, 0) is 35.0 Å². The summed E-state index contributed by atoms with van der Waals surface area (Å²) in [7, 11) is 0. The van der Waals surface area contributed by atoms with E-state index in [4.69, 9.17) is 10.5 Å². The first kappa shape index (κ1) is 11.6. The Bertz CT molecular complexity index is 525. The van der Waals surface area contributed by atoms with Crippen LogP contribution in [0.1, 0.15) is 15.9 Å². The Kier molecular flexibility index (Phi) is 3.39. The van der Waals surface area contributed by atoms with E-state index >= 15 is 0 Å². The molecule has 0 spiro atoms. The molecule has 0 aliphatic carbocycles. The lowest BCUT2D eigenvalue weighted by molar-refractivity contribution is 0.0468. The number of rotatable bonds is 3. The van der Waals surface area contributed by atoms with Crippen molar-refractivity contribution in [1.82, 2.24) is 0 Å². The first-order chi connectivity index (χ1) is 8.16. The topological polar surface area (TPSA) is 52.3 Å². The van der Waals surface area contributed by atoms with Gasteiger partial charge in [0.25, 0.3) is 0 Å². The lowest BCUT2D eigenvalue weighted by atomic mass is 10.2. The van der Waals surface area contributed by atoms with Gasteiger partial charge in [0.2, 0.25) is 0 Å². The molecular formula is C12H10FNO2S. The van der Waals surface area contributed by atoms with Crippen LogP contribution in [0.2, 0.25) is 0 Å². The van der Waals surface area contributed by atoms with Gasteiger partial charge in [-0.1, -0.05) is 0 Å². The summed E-state index contributed by atoms with van der Waals surface area (Å²) in [6.07, 6.45) is 0. The summed E-state index contributed by atoms with van der Waals surface area (Å²) < 4.78 is 18.4. The Hall–Kier alpha value is -1.88. The van der Waals surface area contributed by atoms with Crippen molar-refractivity contribution in [3.63, 3.8) is 0 Å². The van der Waals surface area contributed by atoms with Crippen molar-refractivity contribution in [2.45, 2.75) is 6.61 Å². The maximum absolute atomic E-state index is 13.4. The van der Waals surface area contributed by atoms with Gasteiger partial charge in [-0.3, -0.25) is 0 Å². The highest BCUT2D eigenvalue weighted by Crippen LogP contribution is 2.14. The summed E-state index contributed by atoms with van der Waals surface area (Å²) in [5, 5.41) is 3.75. The van der Waals surface area contributed by atoms with Gasteiger partial charge in [0.05, 0.1) is 5.56 Å². The summed E-state index contributed by atoms with van der Waals surface area (Å²) in [4.78, 5) is 11.6. The molecule has 0 saturated carbocycles. The second-order valence-corrected chi connectivity index (χ2v) is 4.23. The zero-order chi connectivity index (χ0) is 12.3. The van der Waals surface area contributed by atoms with Crippen molar-refractivity contribution in [3.8, 4) is 0 Å². The van der Waals surface area contributed by atoms with Crippen molar-refractivity contribution in [2.24, 2.45) is 0 Å². The van der Waals surface area contributed by atoms with Crippen LogP contribution in [0.5, 0.6) is 0 Å². The predicted octanol–water partition coefficient (Wildman–Crippen LogP) is 2.83. The van der Waals surface area contributed by atoms with Crippen molar-refractivity contribution < 1.29 is 13.9 Å².